The van der Waals surface area contributed by atoms with E-state index in [2.05, 4.69) is 0 Å². The average molecular weight is 266 g/mol. The third-order valence-electron chi connectivity index (χ3n) is 3.44. The third kappa shape index (κ3) is 2.42. The van der Waals surface area contributed by atoms with Gasteiger partial charge in [0.25, 0.3) is 0 Å². The van der Waals surface area contributed by atoms with Crippen LogP contribution in [0.3, 0.4) is 0 Å². The average Bonchev–Trinajstić information content (AvgIpc) is 2.39. The summed E-state index contributed by atoms with van der Waals surface area (Å²) in [5, 5.41) is 9.44. The fraction of sp³-hybridized carbons (Fsp3) is 0.462. The van der Waals surface area contributed by atoms with Crippen LogP contribution in [-0.2, 0) is 16.0 Å². The second-order valence-electron chi connectivity index (χ2n) is 4.54. The van der Waals surface area contributed by atoms with Crippen molar-refractivity contribution in [2.45, 2.75) is 18.4 Å². The molecule has 6 heteroatoms. The van der Waals surface area contributed by atoms with E-state index in [1.807, 2.05) is 30.3 Å². The molecule has 1 aromatic rings. The first-order chi connectivity index (χ1) is 9.14. The van der Waals surface area contributed by atoms with Crippen molar-refractivity contribution in [1.82, 2.24) is 4.90 Å². The zero-order valence-electron chi connectivity index (χ0n) is 10.8. The molecule has 1 aromatic carbocycles. The first-order valence-corrected chi connectivity index (χ1v) is 6.03. The molecule has 0 bridgehead atoms. The minimum atomic E-state index is -1.03. The molecule has 104 valence electrons. The molecule has 0 aromatic heterocycles. The minimum absolute atomic E-state index is 0.157. The number of methoxy groups -OCH3 is 1. The molecule has 2 rings (SSSR count). The Morgan fingerprint density at radius 2 is 2.26 bits per heavy atom. The molecule has 1 heterocycles. The summed E-state index contributed by atoms with van der Waals surface area (Å²) in [6.07, 6.45) is -1.64. The highest BCUT2D eigenvalue weighted by Gasteiger charge is 2.54. The van der Waals surface area contributed by atoms with Crippen molar-refractivity contribution in [2.24, 2.45) is 5.73 Å². The standard InChI is InChI=1S/C13H18N2O4/c1-18-11-13(8-14,9-19-11)15(12(16)17)7-10-5-3-2-4-6-10/h2-6,11H,7-9,14H2,1H3,(H,16,17). The number of benzene rings is 1. The summed E-state index contributed by atoms with van der Waals surface area (Å²) in [4.78, 5) is 12.8. The van der Waals surface area contributed by atoms with Crippen molar-refractivity contribution in [3.05, 3.63) is 35.9 Å². The number of ether oxygens (including phenoxy) is 2. The Hall–Kier alpha value is -1.63. The van der Waals surface area contributed by atoms with Crippen LogP contribution < -0.4 is 5.73 Å². The zero-order chi connectivity index (χ0) is 13.9. The largest absolute Gasteiger partial charge is 0.465 e. The smallest absolute Gasteiger partial charge is 0.408 e. The maximum absolute atomic E-state index is 11.5. The number of hydrogen-bond donors (Lipinski definition) is 2. The molecule has 1 fully saturated rings. The summed E-state index contributed by atoms with van der Waals surface area (Å²) in [5.74, 6) is 0. The Morgan fingerprint density at radius 1 is 1.58 bits per heavy atom. The van der Waals surface area contributed by atoms with Crippen LogP contribution in [0.25, 0.3) is 0 Å². The first kappa shape index (κ1) is 13.8. The highest BCUT2D eigenvalue weighted by Crippen LogP contribution is 2.33. The lowest BCUT2D eigenvalue weighted by molar-refractivity contribution is -0.293. The summed E-state index contributed by atoms with van der Waals surface area (Å²) >= 11 is 0. The van der Waals surface area contributed by atoms with Crippen LogP contribution in [0.2, 0.25) is 0 Å². The van der Waals surface area contributed by atoms with Crippen LogP contribution in [0.4, 0.5) is 4.79 Å². The molecule has 2 unspecified atom stereocenters. The highest BCUT2D eigenvalue weighted by atomic mass is 16.7. The summed E-state index contributed by atoms with van der Waals surface area (Å²) in [7, 11) is 1.48. The third-order valence-corrected chi connectivity index (χ3v) is 3.44. The van der Waals surface area contributed by atoms with Gasteiger partial charge in [-0.1, -0.05) is 30.3 Å². The van der Waals surface area contributed by atoms with Crippen molar-refractivity contribution >= 4 is 6.09 Å². The van der Waals surface area contributed by atoms with Crippen molar-refractivity contribution in [1.29, 1.82) is 0 Å². The van der Waals surface area contributed by atoms with Gasteiger partial charge in [-0.25, -0.2) is 4.79 Å². The molecule has 2 atom stereocenters. The van der Waals surface area contributed by atoms with E-state index in [-0.39, 0.29) is 19.7 Å². The van der Waals surface area contributed by atoms with Crippen LogP contribution in [0.15, 0.2) is 30.3 Å². The predicted molar refractivity (Wildman–Crippen MR) is 68.5 cm³/mol. The van der Waals surface area contributed by atoms with Gasteiger partial charge in [0.2, 0.25) is 0 Å². The molecule has 0 radical (unpaired) electrons. The lowest BCUT2D eigenvalue weighted by atomic mass is 9.92. The Balaban J connectivity index is 2.22. The quantitative estimate of drug-likeness (QED) is 0.826. The number of nitrogens with zero attached hydrogens (tertiary/aromatic N) is 1. The van der Waals surface area contributed by atoms with Crippen LogP contribution in [-0.4, -0.2) is 48.2 Å². The van der Waals surface area contributed by atoms with Gasteiger partial charge in [-0.3, -0.25) is 4.90 Å². The second kappa shape index (κ2) is 5.56. The first-order valence-electron chi connectivity index (χ1n) is 6.03. The minimum Gasteiger partial charge on any atom is -0.465 e. The molecule has 1 aliphatic heterocycles. The Morgan fingerprint density at radius 3 is 2.68 bits per heavy atom. The number of nitrogens with two attached hydrogens (primary N) is 1. The monoisotopic (exact) mass is 266 g/mol. The molecule has 1 aliphatic rings. The van der Waals surface area contributed by atoms with Gasteiger partial charge in [-0.2, -0.15) is 0 Å². The molecule has 1 saturated heterocycles. The molecule has 1 amide bonds. The number of rotatable bonds is 5. The molecule has 19 heavy (non-hydrogen) atoms. The number of carbonyl (C=O) groups is 1. The molecule has 6 nitrogen and oxygen atoms in total. The van der Waals surface area contributed by atoms with Gasteiger partial charge >= 0.3 is 6.09 Å². The summed E-state index contributed by atoms with van der Waals surface area (Å²) in [5.41, 5.74) is 5.86. The van der Waals surface area contributed by atoms with Crippen molar-refractivity contribution in [3.8, 4) is 0 Å². The van der Waals surface area contributed by atoms with Crippen LogP contribution in [0, 0.1) is 0 Å². The summed E-state index contributed by atoms with van der Waals surface area (Å²) in [6.45, 7) is 0.669. The summed E-state index contributed by atoms with van der Waals surface area (Å²) < 4.78 is 10.4. The Kier molecular flexibility index (Phi) is 4.04. The van der Waals surface area contributed by atoms with E-state index < -0.39 is 17.9 Å². The van der Waals surface area contributed by atoms with Gasteiger partial charge in [0.15, 0.2) is 6.29 Å². The lowest BCUT2D eigenvalue weighted by Crippen LogP contribution is -2.73. The van der Waals surface area contributed by atoms with Gasteiger partial charge in [0.05, 0.1) is 6.61 Å². The highest BCUT2D eigenvalue weighted by molar-refractivity contribution is 5.66. The molecular weight excluding hydrogens is 248 g/mol. The topological polar surface area (TPSA) is 85.0 Å². The van der Waals surface area contributed by atoms with E-state index in [0.29, 0.717) is 0 Å². The lowest BCUT2D eigenvalue weighted by Gasteiger charge is -2.52. The van der Waals surface area contributed by atoms with Crippen LogP contribution in [0.5, 0.6) is 0 Å². The summed E-state index contributed by atoms with van der Waals surface area (Å²) in [6, 6.07) is 9.38. The fourth-order valence-electron chi connectivity index (χ4n) is 2.28. The second-order valence-corrected chi connectivity index (χ2v) is 4.54. The SMILES string of the molecule is COC1OCC1(CN)N(Cc1ccccc1)C(=O)O. The van der Waals surface area contributed by atoms with Gasteiger partial charge in [-0.05, 0) is 5.56 Å². The number of hydrogen-bond acceptors (Lipinski definition) is 4. The van der Waals surface area contributed by atoms with E-state index in [9.17, 15) is 9.90 Å². The van der Waals surface area contributed by atoms with Gasteiger partial charge < -0.3 is 20.3 Å². The van der Waals surface area contributed by atoms with Crippen LogP contribution in [0.1, 0.15) is 5.56 Å². The van der Waals surface area contributed by atoms with E-state index in [0.717, 1.165) is 5.56 Å². The van der Waals surface area contributed by atoms with Gasteiger partial charge in [-0.15, -0.1) is 0 Å². The molecule has 0 saturated carbocycles. The fourth-order valence-corrected chi connectivity index (χ4v) is 2.28. The molecular formula is C13H18N2O4. The normalized spacial score (nSPS) is 25.7. The maximum Gasteiger partial charge on any atom is 0.408 e. The molecule has 0 spiro atoms. The van der Waals surface area contributed by atoms with Crippen LogP contribution >= 0.6 is 0 Å². The van der Waals surface area contributed by atoms with Crippen molar-refractivity contribution < 1.29 is 19.4 Å². The number of carboxylic acid groups (broad SMARTS) is 1. The molecule has 0 aliphatic carbocycles. The number of amides is 1. The van der Waals surface area contributed by atoms with E-state index in [1.54, 1.807) is 0 Å². The maximum atomic E-state index is 11.5. The molecule has 3 N–H and O–H groups in total. The van der Waals surface area contributed by atoms with Crippen molar-refractivity contribution in [3.63, 3.8) is 0 Å². The predicted octanol–water partition coefficient (Wildman–Crippen LogP) is 0.867. The van der Waals surface area contributed by atoms with Crippen molar-refractivity contribution in [2.75, 3.05) is 20.3 Å². The Labute approximate surface area is 111 Å². The van der Waals surface area contributed by atoms with Gasteiger partial charge in [0.1, 0.15) is 5.54 Å². The van der Waals surface area contributed by atoms with E-state index in [4.69, 9.17) is 15.2 Å². The Bertz CT molecular complexity index is 434. The van der Waals surface area contributed by atoms with E-state index in [1.165, 1.54) is 12.0 Å². The zero-order valence-corrected chi connectivity index (χ0v) is 10.8. The van der Waals surface area contributed by atoms with E-state index >= 15 is 0 Å². The van der Waals surface area contributed by atoms with Gasteiger partial charge in [0, 0.05) is 20.2 Å².